The molecule has 0 aromatic heterocycles. The third-order valence-corrected chi connectivity index (χ3v) is 2.49. The second kappa shape index (κ2) is 6.06. The van der Waals surface area contributed by atoms with E-state index in [1.54, 1.807) is 38.1 Å². The van der Waals surface area contributed by atoms with Crippen LogP contribution in [0.3, 0.4) is 0 Å². The lowest BCUT2D eigenvalue weighted by atomic mass is 10.2. The van der Waals surface area contributed by atoms with E-state index in [9.17, 15) is 9.59 Å². The van der Waals surface area contributed by atoms with Crippen molar-refractivity contribution in [1.82, 2.24) is 0 Å². The summed E-state index contributed by atoms with van der Waals surface area (Å²) in [6.45, 7) is 2.57. The van der Waals surface area contributed by atoms with Crippen molar-refractivity contribution in [3.8, 4) is 0 Å². The Kier molecular flexibility index (Phi) is 4.42. The second-order valence-electron chi connectivity index (χ2n) is 4.59. The molecule has 0 bridgehead atoms. The Labute approximate surface area is 121 Å². The smallest absolute Gasteiger partial charge is 0.415 e. The van der Waals surface area contributed by atoms with Crippen LogP contribution < -0.4 is 4.90 Å². The van der Waals surface area contributed by atoms with Crippen LogP contribution in [-0.4, -0.2) is 29.3 Å². The predicted molar refractivity (Wildman–Crippen MR) is 75.4 cm³/mol. The van der Waals surface area contributed by atoms with E-state index in [4.69, 9.17) is 11.2 Å². The number of hydrogen-bond donors (Lipinski definition) is 1. The standard InChI is InChI=1S/C13H16BrNO4/c1-13(2,3)19-12(18)15(8-11(16)17)10-6-4-5-9(14)7-10/h4-7H,8H2,1-3H3,(H,16,17)/i1D. The highest BCUT2D eigenvalue weighted by atomic mass is 79.9. The largest absolute Gasteiger partial charge is 0.480 e. The van der Waals surface area contributed by atoms with Gasteiger partial charge >= 0.3 is 12.1 Å². The summed E-state index contributed by atoms with van der Waals surface area (Å²) in [4.78, 5) is 24.0. The van der Waals surface area contributed by atoms with Crippen LogP contribution in [0.25, 0.3) is 0 Å². The maximum atomic E-state index is 12.1. The third-order valence-electron chi connectivity index (χ3n) is 2.00. The second-order valence-corrected chi connectivity index (χ2v) is 5.50. The van der Waals surface area contributed by atoms with E-state index in [1.165, 1.54) is 0 Å². The summed E-state index contributed by atoms with van der Waals surface area (Å²) < 4.78 is 13.2. The van der Waals surface area contributed by atoms with Crippen LogP contribution in [0.5, 0.6) is 0 Å². The monoisotopic (exact) mass is 330 g/mol. The summed E-state index contributed by atoms with van der Waals surface area (Å²) in [7, 11) is 0. The van der Waals surface area contributed by atoms with E-state index < -0.39 is 24.2 Å². The number of rotatable bonds is 3. The number of nitrogens with zero attached hydrogens (tertiary/aromatic N) is 1. The highest BCUT2D eigenvalue weighted by Gasteiger charge is 2.25. The van der Waals surface area contributed by atoms with E-state index in [2.05, 4.69) is 15.9 Å². The summed E-state index contributed by atoms with van der Waals surface area (Å²) >= 11 is 3.26. The number of aliphatic carboxylic acids is 1. The maximum Gasteiger partial charge on any atom is 0.415 e. The van der Waals surface area contributed by atoms with Crippen LogP contribution in [0.4, 0.5) is 10.5 Å². The molecule has 0 saturated carbocycles. The third kappa shape index (κ3) is 5.30. The van der Waals surface area contributed by atoms with Crippen molar-refractivity contribution >= 4 is 33.7 Å². The minimum Gasteiger partial charge on any atom is -0.480 e. The first-order valence-corrected chi connectivity index (χ1v) is 6.31. The summed E-state index contributed by atoms with van der Waals surface area (Å²) in [6.07, 6.45) is -0.789. The minimum atomic E-state index is -1.15. The average molecular weight is 331 g/mol. The SMILES string of the molecule is [2H]CC(C)(C)OC(=O)N(CC(=O)O)c1cccc(Br)c1. The Bertz CT molecular complexity index is 507. The summed E-state index contributed by atoms with van der Waals surface area (Å²) in [5.41, 5.74) is -0.563. The van der Waals surface area contributed by atoms with E-state index in [0.717, 1.165) is 9.37 Å². The zero-order valence-electron chi connectivity index (χ0n) is 11.7. The number of carbonyl (C=O) groups excluding carboxylic acids is 1. The van der Waals surface area contributed by atoms with Gasteiger partial charge < -0.3 is 9.84 Å². The number of carbonyl (C=O) groups is 2. The lowest BCUT2D eigenvalue weighted by Crippen LogP contribution is -2.40. The van der Waals surface area contributed by atoms with Crippen molar-refractivity contribution < 1.29 is 20.8 Å². The van der Waals surface area contributed by atoms with Gasteiger partial charge in [0.1, 0.15) is 12.1 Å². The van der Waals surface area contributed by atoms with Crippen molar-refractivity contribution in [3.63, 3.8) is 0 Å². The van der Waals surface area contributed by atoms with Gasteiger partial charge in [0.25, 0.3) is 0 Å². The molecular formula is C13H16BrNO4. The highest BCUT2D eigenvalue weighted by Crippen LogP contribution is 2.22. The van der Waals surface area contributed by atoms with Crippen LogP contribution in [0.1, 0.15) is 22.1 Å². The van der Waals surface area contributed by atoms with Gasteiger partial charge in [-0.05, 0) is 38.9 Å². The molecule has 1 aromatic carbocycles. The van der Waals surface area contributed by atoms with Crippen molar-refractivity contribution in [2.45, 2.75) is 26.3 Å². The molecule has 0 radical (unpaired) electrons. The summed E-state index contributed by atoms with van der Waals surface area (Å²) in [5, 5.41) is 8.92. The number of carboxylic acids is 1. The average Bonchev–Trinajstić information content (AvgIpc) is 2.35. The number of hydrogen-bond acceptors (Lipinski definition) is 3. The Balaban J connectivity index is 3.01. The maximum absolute atomic E-state index is 12.1. The predicted octanol–water partition coefficient (Wildman–Crippen LogP) is 3.28. The molecule has 1 rings (SSSR count). The van der Waals surface area contributed by atoms with Crippen molar-refractivity contribution in [2.24, 2.45) is 0 Å². The first kappa shape index (κ1) is 13.9. The molecule has 0 aliphatic heterocycles. The molecule has 6 heteroatoms. The van der Waals surface area contributed by atoms with Crippen molar-refractivity contribution in [3.05, 3.63) is 28.7 Å². The first-order valence-electron chi connectivity index (χ1n) is 6.23. The molecule has 104 valence electrons. The van der Waals surface area contributed by atoms with Gasteiger partial charge in [-0.15, -0.1) is 0 Å². The lowest BCUT2D eigenvalue weighted by molar-refractivity contribution is -0.135. The number of carboxylic acid groups (broad SMARTS) is 1. The van der Waals surface area contributed by atoms with Gasteiger partial charge in [-0.1, -0.05) is 22.0 Å². The van der Waals surface area contributed by atoms with Gasteiger partial charge in [0.2, 0.25) is 0 Å². The van der Waals surface area contributed by atoms with Crippen LogP contribution >= 0.6 is 15.9 Å². The van der Waals surface area contributed by atoms with Gasteiger partial charge in [0.15, 0.2) is 0 Å². The molecule has 0 aliphatic rings. The lowest BCUT2D eigenvalue weighted by Gasteiger charge is -2.26. The quantitative estimate of drug-likeness (QED) is 0.923. The molecule has 0 heterocycles. The Hall–Kier alpha value is -1.56. The molecule has 0 atom stereocenters. The Morgan fingerprint density at radius 3 is 2.74 bits per heavy atom. The van der Waals surface area contributed by atoms with Gasteiger partial charge in [-0.3, -0.25) is 9.69 Å². The van der Waals surface area contributed by atoms with Crippen LogP contribution in [0.15, 0.2) is 28.7 Å². The van der Waals surface area contributed by atoms with Crippen molar-refractivity contribution in [1.29, 1.82) is 0 Å². The van der Waals surface area contributed by atoms with Crippen LogP contribution in [-0.2, 0) is 9.53 Å². The summed E-state index contributed by atoms with van der Waals surface area (Å²) in [5.74, 6) is -1.15. The topological polar surface area (TPSA) is 66.8 Å². The van der Waals surface area contributed by atoms with E-state index in [1.807, 2.05) is 0 Å². The van der Waals surface area contributed by atoms with E-state index >= 15 is 0 Å². The van der Waals surface area contributed by atoms with Crippen LogP contribution in [0.2, 0.25) is 0 Å². The van der Waals surface area contributed by atoms with Crippen molar-refractivity contribution in [2.75, 3.05) is 11.4 Å². The molecule has 1 N–H and O–H groups in total. The molecule has 1 aromatic rings. The zero-order chi connectivity index (χ0) is 15.3. The van der Waals surface area contributed by atoms with Crippen LogP contribution in [0, 0.1) is 0 Å². The molecule has 0 unspecified atom stereocenters. The number of amides is 1. The zero-order valence-corrected chi connectivity index (χ0v) is 12.3. The fraction of sp³-hybridized carbons (Fsp3) is 0.385. The molecule has 0 aliphatic carbocycles. The molecule has 0 saturated heterocycles. The number of ether oxygens (including phenoxy) is 1. The van der Waals surface area contributed by atoms with E-state index in [0.29, 0.717) is 5.69 Å². The molecule has 5 nitrogen and oxygen atoms in total. The molecule has 1 amide bonds. The fourth-order valence-corrected chi connectivity index (χ4v) is 1.72. The number of halogens is 1. The molecular weight excluding hydrogens is 314 g/mol. The van der Waals surface area contributed by atoms with Gasteiger partial charge in [-0.25, -0.2) is 4.79 Å². The minimum absolute atomic E-state index is 0.113. The highest BCUT2D eigenvalue weighted by molar-refractivity contribution is 9.10. The fourth-order valence-electron chi connectivity index (χ4n) is 1.33. The van der Waals surface area contributed by atoms with Gasteiger partial charge in [-0.2, -0.15) is 0 Å². The number of benzene rings is 1. The first-order chi connectivity index (χ1) is 9.25. The molecule has 19 heavy (non-hydrogen) atoms. The molecule has 0 spiro atoms. The Morgan fingerprint density at radius 2 is 2.21 bits per heavy atom. The normalized spacial score (nSPS) is 11.6. The van der Waals surface area contributed by atoms with Gasteiger partial charge in [0.05, 0.1) is 0 Å². The number of anilines is 1. The summed E-state index contributed by atoms with van der Waals surface area (Å²) in [6, 6.07) is 6.69. The Morgan fingerprint density at radius 1 is 1.53 bits per heavy atom. The van der Waals surface area contributed by atoms with E-state index in [-0.39, 0.29) is 6.90 Å². The molecule has 0 fully saturated rings. The van der Waals surface area contributed by atoms with Gasteiger partial charge in [0, 0.05) is 11.5 Å².